The molecule has 9 heteroatoms. The number of rotatable bonds is 5. The Bertz CT molecular complexity index is 1780. The highest BCUT2D eigenvalue weighted by molar-refractivity contribution is 9.10. The van der Waals surface area contributed by atoms with Gasteiger partial charge in [-0.25, -0.2) is 9.79 Å². The Morgan fingerprint density at radius 1 is 1.16 bits per heavy atom. The number of hydrogen-bond donors (Lipinski definition) is 0. The molecule has 0 bridgehead atoms. The zero-order valence-electron chi connectivity index (χ0n) is 21.3. The van der Waals surface area contributed by atoms with Gasteiger partial charge < -0.3 is 9.30 Å². The highest BCUT2D eigenvalue weighted by Gasteiger charge is 2.34. The first-order valence-corrected chi connectivity index (χ1v) is 14.1. The fraction of sp³-hybridized carbons (Fsp3) is 0.207. The van der Waals surface area contributed by atoms with Crippen molar-refractivity contribution in [1.29, 1.82) is 0 Å². The van der Waals surface area contributed by atoms with Crippen molar-refractivity contribution in [1.82, 2.24) is 9.13 Å². The summed E-state index contributed by atoms with van der Waals surface area (Å²) in [6.07, 6.45) is 1.90. The number of carbonyl (C=O) groups excluding carboxylic acids is 1. The number of fused-ring (bicyclic) bond motifs is 1. The zero-order chi connectivity index (χ0) is 27.1. The molecule has 0 fully saturated rings. The first-order chi connectivity index (χ1) is 18.2. The summed E-state index contributed by atoms with van der Waals surface area (Å²) in [4.78, 5) is 32.1. The quantitative estimate of drug-likeness (QED) is 0.276. The lowest BCUT2D eigenvalue weighted by molar-refractivity contribution is -0.139. The van der Waals surface area contributed by atoms with E-state index >= 15 is 0 Å². The summed E-state index contributed by atoms with van der Waals surface area (Å²) in [7, 11) is 0. The number of hydrogen-bond acceptors (Lipinski definition) is 5. The van der Waals surface area contributed by atoms with Crippen LogP contribution in [-0.2, 0) is 9.53 Å². The number of aromatic nitrogens is 2. The van der Waals surface area contributed by atoms with Gasteiger partial charge in [-0.2, -0.15) is 0 Å². The van der Waals surface area contributed by atoms with Crippen molar-refractivity contribution in [3.8, 4) is 5.69 Å². The van der Waals surface area contributed by atoms with Gasteiger partial charge in [0.05, 0.1) is 22.4 Å². The van der Waals surface area contributed by atoms with E-state index in [0.717, 1.165) is 27.1 Å². The van der Waals surface area contributed by atoms with Gasteiger partial charge in [-0.05, 0) is 81.3 Å². The Labute approximate surface area is 237 Å². The topological polar surface area (TPSA) is 65.6 Å². The smallest absolute Gasteiger partial charge is 0.338 e. The molecule has 0 N–H and O–H groups in total. The lowest BCUT2D eigenvalue weighted by Gasteiger charge is -2.25. The van der Waals surface area contributed by atoms with Gasteiger partial charge in [-0.3, -0.25) is 9.36 Å². The van der Waals surface area contributed by atoms with Crippen molar-refractivity contribution >= 4 is 50.9 Å². The highest BCUT2D eigenvalue weighted by atomic mass is 79.9. The van der Waals surface area contributed by atoms with Crippen molar-refractivity contribution < 1.29 is 9.53 Å². The van der Waals surface area contributed by atoms with E-state index in [9.17, 15) is 9.59 Å². The highest BCUT2D eigenvalue weighted by Crippen LogP contribution is 2.34. The maximum absolute atomic E-state index is 13.9. The summed E-state index contributed by atoms with van der Waals surface area (Å²) >= 11 is 11.4. The van der Waals surface area contributed by atoms with Crippen LogP contribution in [0.4, 0.5) is 0 Å². The average Bonchev–Trinajstić information content (AvgIpc) is 3.33. The first kappa shape index (κ1) is 26.4. The molecule has 2 aromatic heterocycles. The second-order valence-electron chi connectivity index (χ2n) is 8.96. The molecule has 0 aliphatic carbocycles. The van der Waals surface area contributed by atoms with Gasteiger partial charge in [0.1, 0.15) is 6.04 Å². The van der Waals surface area contributed by atoms with Crippen LogP contribution in [0, 0.1) is 13.8 Å². The van der Waals surface area contributed by atoms with E-state index in [1.54, 1.807) is 24.5 Å². The molecule has 2 aromatic carbocycles. The maximum atomic E-state index is 13.9. The molecule has 1 aliphatic rings. The van der Waals surface area contributed by atoms with Gasteiger partial charge in [0.25, 0.3) is 5.56 Å². The molecular weight excluding hydrogens is 586 g/mol. The summed E-state index contributed by atoms with van der Waals surface area (Å²) in [5, 5.41) is 0.460. The van der Waals surface area contributed by atoms with Crippen molar-refractivity contribution in [3.05, 3.63) is 118 Å². The molecular formula is C29H25BrClN3O3S. The normalized spacial score (nSPS) is 15.4. The van der Waals surface area contributed by atoms with Gasteiger partial charge in [-0.15, -0.1) is 0 Å². The third-order valence-corrected chi connectivity index (χ3v) is 8.41. The molecule has 0 unspecified atom stereocenters. The van der Waals surface area contributed by atoms with Crippen LogP contribution in [0.15, 0.2) is 80.1 Å². The molecule has 194 valence electrons. The van der Waals surface area contributed by atoms with Crippen LogP contribution in [-0.4, -0.2) is 21.7 Å². The molecule has 4 aromatic rings. The number of ether oxygens (including phenoxy) is 1. The standard InChI is InChI=1S/C29H25BrClN3O3S/c1-5-37-28(36)25-17(3)32-29-34(26(25)22-8-6-7-9-23(22)31)27(35)24(38-29)15-19-14-16(2)33(18(19)4)21-12-10-20(30)11-13-21/h6-15,26H,5H2,1-4H3/t26-/m0/s1. The molecule has 0 spiro atoms. The Morgan fingerprint density at radius 2 is 1.87 bits per heavy atom. The minimum Gasteiger partial charge on any atom is -0.463 e. The summed E-state index contributed by atoms with van der Waals surface area (Å²) in [6, 6.07) is 16.7. The monoisotopic (exact) mass is 609 g/mol. The molecule has 1 aliphatic heterocycles. The molecule has 38 heavy (non-hydrogen) atoms. The number of carbonyl (C=O) groups is 1. The number of thiazole rings is 1. The molecule has 5 rings (SSSR count). The van der Waals surface area contributed by atoms with E-state index in [0.29, 0.717) is 31.2 Å². The lowest BCUT2D eigenvalue weighted by atomic mass is 9.96. The second-order valence-corrected chi connectivity index (χ2v) is 11.3. The van der Waals surface area contributed by atoms with E-state index in [-0.39, 0.29) is 12.2 Å². The number of nitrogens with zero attached hydrogens (tertiary/aromatic N) is 3. The van der Waals surface area contributed by atoms with Gasteiger partial charge in [0.2, 0.25) is 0 Å². The first-order valence-electron chi connectivity index (χ1n) is 12.1. The summed E-state index contributed by atoms with van der Waals surface area (Å²) in [5.74, 6) is -0.508. The molecule has 1 atom stereocenters. The average molecular weight is 611 g/mol. The molecule has 0 saturated carbocycles. The fourth-order valence-electron chi connectivity index (χ4n) is 4.85. The van der Waals surface area contributed by atoms with Gasteiger partial charge in [0.15, 0.2) is 4.80 Å². The van der Waals surface area contributed by atoms with Gasteiger partial charge in [-0.1, -0.05) is 57.1 Å². The van der Waals surface area contributed by atoms with Gasteiger partial charge >= 0.3 is 5.97 Å². The Hall–Kier alpha value is -3.20. The molecule has 6 nitrogen and oxygen atoms in total. The van der Waals surface area contributed by atoms with Crippen molar-refractivity contribution in [2.75, 3.05) is 6.61 Å². The second kappa shape index (κ2) is 10.5. The largest absolute Gasteiger partial charge is 0.463 e. The Kier molecular flexibility index (Phi) is 7.31. The molecule has 3 heterocycles. The van der Waals surface area contributed by atoms with E-state index in [1.807, 2.05) is 62.4 Å². The third kappa shape index (κ3) is 4.61. The number of halogens is 2. The maximum Gasteiger partial charge on any atom is 0.338 e. The lowest BCUT2D eigenvalue weighted by Crippen LogP contribution is -2.40. The predicted octanol–water partition coefficient (Wildman–Crippen LogP) is 5.62. The Balaban J connectivity index is 1.70. The van der Waals surface area contributed by atoms with Crippen molar-refractivity contribution in [2.24, 2.45) is 4.99 Å². The molecule has 0 saturated heterocycles. The van der Waals surface area contributed by atoms with Crippen LogP contribution in [0.5, 0.6) is 0 Å². The van der Waals surface area contributed by atoms with Crippen LogP contribution in [0.1, 0.15) is 42.4 Å². The minimum absolute atomic E-state index is 0.212. The van der Waals surface area contributed by atoms with Crippen LogP contribution in [0.25, 0.3) is 11.8 Å². The number of esters is 1. The van der Waals surface area contributed by atoms with E-state index in [4.69, 9.17) is 16.3 Å². The fourth-order valence-corrected chi connectivity index (χ4v) is 6.39. The van der Waals surface area contributed by atoms with Crippen LogP contribution in [0.2, 0.25) is 5.02 Å². The van der Waals surface area contributed by atoms with Gasteiger partial charge in [0, 0.05) is 26.6 Å². The van der Waals surface area contributed by atoms with Crippen LogP contribution in [0.3, 0.4) is 0 Å². The number of aryl methyl sites for hydroxylation is 1. The summed E-state index contributed by atoms with van der Waals surface area (Å²) in [5.41, 5.74) is 5.28. The van der Waals surface area contributed by atoms with Crippen molar-refractivity contribution in [3.63, 3.8) is 0 Å². The zero-order valence-corrected chi connectivity index (χ0v) is 24.4. The summed E-state index contributed by atoms with van der Waals surface area (Å²) < 4.78 is 10.6. The number of benzene rings is 2. The van der Waals surface area contributed by atoms with E-state index < -0.39 is 12.0 Å². The van der Waals surface area contributed by atoms with E-state index in [1.165, 1.54) is 11.3 Å². The SMILES string of the molecule is CCOC(=O)C1=C(C)N=c2sc(=Cc3cc(C)n(-c4ccc(Br)cc4)c3C)c(=O)n2[C@H]1c1ccccc1Cl. The minimum atomic E-state index is -0.739. The molecule has 0 amide bonds. The van der Waals surface area contributed by atoms with Crippen LogP contribution >= 0.6 is 38.9 Å². The number of allylic oxidation sites excluding steroid dienone is 1. The van der Waals surface area contributed by atoms with E-state index in [2.05, 4.69) is 31.6 Å². The Morgan fingerprint density at radius 3 is 2.55 bits per heavy atom. The van der Waals surface area contributed by atoms with Crippen molar-refractivity contribution in [2.45, 2.75) is 33.7 Å². The van der Waals surface area contributed by atoms with Crippen LogP contribution < -0.4 is 14.9 Å². The molecule has 0 radical (unpaired) electrons. The predicted molar refractivity (Wildman–Crippen MR) is 155 cm³/mol. The third-order valence-electron chi connectivity index (χ3n) is 6.56. The summed E-state index contributed by atoms with van der Waals surface area (Å²) in [6.45, 7) is 7.80.